The number of benzene rings is 1. The fourth-order valence-corrected chi connectivity index (χ4v) is 2.10. The van der Waals surface area contributed by atoms with Gasteiger partial charge in [-0.2, -0.15) is 0 Å². The van der Waals surface area contributed by atoms with Crippen LogP contribution in [0.1, 0.15) is 19.8 Å². The molecular weight excluding hydrogens is 285 g/mol. The Hall–Kier alpha value is -1.17. The third-order valence-electron chi connectivity index (χ3n) is 3.11. The number of hydrogen-bond acceptors (Lipinski definition) is 3. The first kappa shape index (κ1) is 15.2. The van der Waals surface area contributed by atoms with Gasteiger partial charge >= 0.3 is 0 Å². The Kier molecular flexibility index (Phi) is 5.34. The fraction of sp³-hybridized carbons (Fsp3) is 0.500. The summed E-state index contributed by atoms with van der Waals surface area (Å²) in [4.78, 5) is 11.9. The van der Waals surface area contributed by atoms with E-state index < -0.39 is 11.9 Å². The summed E-state index contributed by atoms with van der Waals surface area (Å²) in [5.74, 6) is -0.821. The number of carbonyl (C=O) groups is 1. The van der Waals surface area contributed by atoms with Crippen molar-refractivity contribution in [1.82, 2.24) is 0 Å². The minimum atomic E-state index is -0.608. The molecule has 0 radical (unpaired) electrons. The molecule has 0 aromatic heterocycles. The van der Waals surface area contributed by atoms with Crippen molar-refractivity contribution in [1.29, 1.82) is 0 Å². The van der Waals surface area contributed by atoms with Gasteiger partial charge in [-0.25, -0.2) is 4.39 Å². The second-order valence-electron chi connectivity index (χ2n) is 4.73. The molecule has 0 saturated carbocycles. The van der Waals surface area contributed by atoms with E-state index in [2.05, 4.69) is 5.32 Å². The van der Waals surface area contributed by atoms with Crippen molar-refractivity contribution in [3.8, 4) is 0 Å². The summed E-state index contributed by atoms with van der Waals surface area (Å²) in [6.07, 6.45) is 1.46. The third-order valence-corrected chi connectivity index (χ3v) is 3.40. The van der Waals surface area contributed by atoms with Gasteiger partial charge in [-0.15, -0.1) is 0 Å². The Balaban J connectivity index is 1.81. The lowest BCUT2D eigenvalue weighted by molar-refractivity contribution is -0.128. The summed E-state index contributed by atoms with van der Waals surface area (Å²) in [5, 5.41) is 2.60. The second kappa shape index (κ2) is 7.02. The van der Waals surface area contributed by atoms with Gasteiger partial charge in [0, 0.05) is 12.3 Å². The van der Waals surface area contributed by atoms with Crippen molar-refractivity contribution in [2.24, 2.45) is 0 Å². The highest BCUT2D eigenvalue weighted by atomic mass is 35.5. The summed E-state index contributed by atoms with van der Waals surface area (Å²) in [6, 6.07) is 4.02. The van der Waals surface area contributed by atoms with Crippen LogP contribution in [0.3, 0.4) is 0 Å². The lowest BCUT2D eigenvalue weighted by atomic mass is 10.2. The van der Waals surface area contributed by atoms with Crippen molar-refractivity contribution in [3.05, 3.63) is 29.0 Å². The van der Waals surface area contributed by atoms with E-state index in [1.807, 2.05) is 0 Å². The topological polar surface area (TPSA) is 47.6 Å². The minimum absolute atomic E-state index is 0.0317. The molecule has 1 saturated heterocycles. The molecule has 0 spiro atoms. The van der Waals surface area contributed by atoms with E-state index in [1.54, 1.807) is 6.92 Å². The van der Waals surface area contributed by atoms with Crippen molar-refractivity contribution >= 4 is 23.2 Å². The van der Waals surface area contributed by atoms with E-state index >= 15 is 0 Å². The highest BCUT2D eigenvalue weighted by molar-refractivity contribution is 6.31. The second-order valence-corrected chi connectivity index (χ2v) is 5.14. The number of anilines is 1. The maximum atomic E-state index is 13.0. The van der Waals surface area contributed by atoms with Crippen molar-refractivity contribution < 1.29 is 18.7 Å². The molecule has 0 aliphatic carbocycles. The molecule has 1 heterocycles. The molecule has 1 aliphatic heterocycles. The van der Waals surface area contributed by atoms with Crippen molar-refractivity contribution in [3.63, 3.8) is 0 Å². The van der Waals surface area contributed by atoms with Gasteiger partial charge in [-0.3, -0.25) is 4.79 Å². The zero-order valence-electron chi connectivity index (χ0n) is 11.2. The Morgan fingerprint density at radius 3 is 3.10 bits per heavy atom. The summed E-state index contributed by atoms with van der Waals surface area (Å²) in [6.45, 7) is 2.82. The van der Waals surface area contributed by atoms with E-state index in [-0.39, 0.29) is 17.0 Å². The van der Waals surface area contributed by atoms with Gasteiger partial charge < -0.3 is 14.8 Å². The van der Waals surface area contributed by atoms with Crippen LogP contribution in [0.5, 0.6) is 0 Å². The molecule has 1 fully saturated rings. The normalized spacial score (nSPS) is 19.9. The van der Waals surface area contributed by atoms with Crippen LogP contribution in [0.4, 0.5) is 10.1 Å². The molecule has 0 bridgehead atoms. The highest BCUT2D eigenvalue weighted by Crippen LogP contribution is 2.19. The third kappa shape index (κ3) is 4.16. The number of halogens is 2. The highest BCUT2D eigenvalue weighted by Gasteiger charge is 2.20. The molecule has 1 aromatic rings. The lowest BCUT2D eigenvalue weighted by Gasteiger charge is -2.16. The number of nitrogens with one attached hydrogen (secondary N) is 1. The molecule has 1 aliphatic rings. The average molecular weight is 302 g/mol. The molecule has 4 nitrogen and oxygen atoms in total. The van der Waals surface area contributed by atoms with Gasteiger partial charge in [0.2, 0.25) is 0 Å². The number of ether oxygens (including phenoxy) is 2. The average Bonchev–Trinajstić information content (AvgIpc) is 2.93. The standard InChI is InChI=1S/C14H17ClFNO3/c1-9(20-8-11-3-2-6-19-11)14(18)17-10-4-5-13(16)12(15)7-10/h4-5,7,9,11H,2-3,6,8H2,1H3,(H,17,18)/t9-,11-/m0/s1. The largest absolute Gasteiger partial charge is 0.376 e. The number of amides is 1. The van der Waals surface area contributed by atoms with Crippen LogP contribution in [0.15, 0.2) is 18.2 Å². The van der Waals surface area contributed by atoms with Crippen LogP contribution in [-0.4, -0.2) is 31.3 Å². The zero-order valence-corrected chi connectivity index (χ0v) is 12.0. The van der Waals surface area contributed by atoms with E-state index in [4.69, 9.17) is 21.1 Å². The maximum Gasteiger partial charge on any atom is 0.253 e. The van der Waals surface area contributed by atoms with Crippen LogP contribution in [0.2, 0.25) is 5.02 Å². The summed E-state index contributed by atoms with van der Waals surface area (Å²) >= 11 is 5.65. The predicted octanol–water partition coefficient (Wildman–Crippen LogP) is 3.00. The molecule has 110 valence electrons. The Labute approximate surface area is 122 Å². The van der Waals surface area contributed by atoms with Crippen molar-refractivity contribution in [2.45, 2.75) is 32.0 Å². The smallest absolute Gasteiger partial charge is 0.253 e. The SMILES string of the molecule is C[C@H](OC[C@@H]1CCCO1)C(=O)Nc1ccc(F)c(Cl)c1. The molecule has 6 heteroatoms. The van der Waals surface area contributed by atoms with Gasteiger partial charge in [0.05, 0.1) is 17.7 Å². The lowest BCUT2D eigenvalue weighted by Crippen LogP contribution is -2.30. The molecule has 2 atom stereocenters. The van der Waals surface area contributed by atoms with Crippen LogP contribution in [-0.2, 0) is 14.3 Å². The van der Waals surface area contributed by atoms with Crippen LogP contribution < -0.4 is 5.32 Å². The van der Waals surface area contributed by atoms with E-state index in [0.29, 0.717) is 12.3 Å². The van der Waals surface area contributed by atoms with Gasteiger partial charge in [0.25, 0.3) is 5.91 Å². The maximum absolute atomic E-state index is 13.0. The first-order chi connectivity index (χ1) is 9.56. The summed E-state index contributed by atoms with van der Waals surface area (Å²) in [5.41, 5.74) is 0.439. The Morgan fingerprint density at radius 2 is 2.45 bits per heavy atom. The molecule has 1 aromatic carbocycles. The van der Waals surface area contributed by atoms with E-state index in [0.717, 1.165) is 19.4 Å². The van der Waals surface area contributed by atoms with Crippen LogP contribution in [0, 0.1) is 5.82 Å². The van der Waals surface area contributed by atoms with Gasteiger partial charge in [0.1, 0.15) is 11.9 Å². The van der Waals surface area contributed by atoms with E-state index in [9.17, 15) is 9.18 Å². The predicted molar refractivity (Wildman–Crippen MR) is 74.4 cm³/mol. The number of hydrogen-bond donors (Lipinski definition) is 1. The van der Waals surface area contributed by atoms with Crippen molar-refractivity contribution in [2.75, 3.05) is 18.5 Å². The van der Waals surface area contributed by atoms with Gasteiger partial charge in [0.15, 0.2) is 0 Å². The molecule has 1 amide bonds. The molecular formula is C14H17ClFNO3. The first-order valence-electron chi connectivity index (χ1n) is 6.55. The molecule has 0 unspecified atom stereocenters. The van der Waals surface area contributed by atoms with Crippen LogP contribution >= 0.6 is 11.6 Å². The first-order valence-corrected chi connectivity index (χ1v) is 6.93. The van der Waals surface area contributed by atoms with Crippen LogP contribution in [0.25, 0.3) is 0 Å². The van der Waals surface area contributed by atoms with Gasteiger partial charge in [-0.05, 0) is 38.0 Å². The molecule has 1 N–H and O–H groups in total. The van der Waals surface area contributed by atoms with E-state index in [1.165, 1.54) is 18.2 Å². The number of carbonyl (C=O) groups excluding carboxylic acids is 1. The monoisotopic (exact) mass is 301 g/mol. The Bertz CT molecular complexity index is 477. The Morgan fingerprint density at radius 1 is 1.65 bits per heavy atom. The summed E-state index contributed by atoms with van der Waals surface area (Å²) in [7, 11) is 0. The van der Waals surface area contributed by atoms with Gasteiger partial charge in [-0.1, -0.05) is 11.6 Å². The molecule has 2 rings (SSSR count). The quantitative estimate of drug-likeness (QED) is 0.909. The summed E-state index contributed by atoms with van der Waals surface area (Å²) < 4.78 is 23.9. The molecule has 20 heavy (non-hydrogen) atoms. The zero-order chi connectivity index (χ0) is 14.5. The fourth-order valence-electron chi connectivity index (χ4n) is 1.92. The number of rotatable bonds is 5. The minimum Gasteiger partial charge on any atom is -0.376 e.